The van der Waals surface area contributed by atoms with Gasteiger partial charge in [0.2, 0.25) is 0 Å². The average molecular weight is 165 g/mol. The molecule has 2 heterocycles. The number of aryl methyl sites for hydroxylation is 1. The van der Waals surface area contributed by atoms with Gasteiger partial charge in [0, 0.05) is 11.1 Å². The van der Waals surface area contributed by atoms with E-state index in [9.17, 15) is 0 Å². The van der Waals surface area contributed by atoms with E-state index < -0.39 is 0 Å². The van der Waals surface area contributed by atoms with Crippen molar-refractivity contribution in [2.24, 2.45) is 0 Å². The van der Waals surface area contributed by atoms with Crippen molar-refractivity contribution in [2.45, 2.75) is 6.92 Å². The summed E-state index contributed by atoms with van der Waals surface area (Å²) >= 11 is 1.64. The number of furan rings is 1. The Bertz CT molecular complexity index is 337. The predicted octanol–water partition coefficient (Wildman–Crippen LogP) is 2.71. The lowest BCUT2D eigenvalue weighted by Gasteiger charge is -1.84. The highest BCUT2D eigenvalue weighted by atomic mass is 32.1. The van der Waals surface area contributed by atoms with Gasteiger partial charge in [-0.15, -0.1) is 11.3 Å². The summed E-state index contributed by atoms with van der Waals surface area (Å²) in [5, 5.41) is 0.951. The molecule has 2 rings (SSSR count). The lowest BCUT2D eigenvalue weighted by molar-refractivity contribution is 0.582. The number of aromatic nitrogens is 1. The first-order valence-corrected chi connectivity index (χ1v) is 4.14. The van der Waals surface area contributed by atoms with Crippen LogP contribution >= 0.6 is 11.3 Å². The van der Waals surface area contributed by atoms with Crippen LogP contribution in [0.1, 0.15) is 4.88 Å². The van der Waals surface area contributed by atoms with E-state index in [2.05, 4.69) is 4.98 Å². The van der Waals surface area contributed by atoms with Gasteiger partial charge in [-0.3, -0.25) is 0 Å². The van der Waals surface area contributed by atoms with Gasteiger partial charge in [-0.2, -0.15) is 0 Å². The molecule has 0 fully saturated rings. The molecule has 0 amide bonds. The summed E-state index contributed by atoms with van der Waals surface area (Å²) in [6.07, 6.45) is 3.51. The van der Waals surface area contributed by atoms with Gasteiger partial charge >= 0.3 is 0 Å². The van der Waals surface area contributed by atoms with Gasteiger partial charge in [0.1, 0.15) is 0 Å². The van der Waals surface area contributed by atoms with E-state index in [0.29, 0.717) is 0 Å². The molecule has 2 nitrogen and oxygen atoms in total. The van der Waals surface area contributed by atoms with Crippen molar-refractivity contribution in [1.82, 2.24) is 4.98 Å². The van der Waals surface area contributed by atoms with Crippen LogP contribution in [0.5, 0.6) is 0 Å². The Kier molecular flexibility index (Phi) is 1.51. The molecule has 0 N–H and O–H groups in total. The van der Waals surface area contributed by atoms with Gasteiger partial charge in [0.25, 0.3) is 0 Å². The highest BCUT2D eigenvalue weighted by molar-refractivity contribution is 7.14. The maximum absolute atomic E-state index is 5.18. The number of hydrogen-bond acceptors (Lipinski definition) is 3. The summed E-state index contributed by atoms with van der Waals surface area (Å²) in [7, 11) is 0. The summed E-state index contributed by atoms with van der Waals surface area (Å²) in [6.45, 7) is 2.03. The largest absolute Gasteiger partial charge is 0.462 e. The van der Waals surface area contributed by atoms with E-state index in [1.807, 2.05) is 25.3 Å². The second-order valence-electron chi connectivity index (χ2n) is 2.25. The average Bonchev–Trinajstić information content (AvgIpc) is 2.55. The van der Waals surface area contributed by atoms with E-state index in [-0.39, 0.29) is 0 Å². The Labute approximate surface area is 68.5 Å². The Morgan fingerprint density at radius 1 is 1.55 bits per heavy atom. The first-order valence-electron chi connectivity index (χ1n) is 3.32. The van der Waals surface area contributed by atoms with Crippen molar-refractivity contribution in [3.63, 3.8) is 0 Å². The second kappa shape index (κ2) is 2.51. The minimum Gasteiger partial charge on any atom is -0.462 e. The predicted molar refractivity (Wildman–Crippen MR) is 44.6 cm³/mol. The van der Waals surface area contributed by atoms with Crippen molar-refractivity contribution in [3.05, 3.63) is 29.5 Å². The minimum atomic E-state index is 0.850. The molecule has 0 radical (unpaired) electrons. The fourth-order valence-electron chi connectivity index (χ4n) is 0.869. The maximum Gasteiger partial charge on any atom is 0.162 e. The fourth-order valence-corrected chi connectivity index (χ4v) is 1.60. The Hall–Kier alpha value is -1.09. The summed E-state index contributed by atoms with van der Waals surface area (Å²) in [5.41, 5.74) is 0. The highest BCUT2D eigenvalue weighted by Crippen LogP contribution is 2.24. The molecule has 0 aliphatic heterocycles. The molecule has 0 saturated heterocycles. The molecule has 0 aromatic carbocycles. The quantitative estimate of drug-likeness (QED) is 0.649. The monoisotopic (exact) mass is 165 g/mol. The molecule has 0 aliphatic rings. The Morgan fingerprint density at radius 3 is 3.00 bits per heavy atom. The van der Waals surface area contributed by atoms with Crippen LogP contribution in [-0.2, 0) is 0 Å². The van der Waals surface area contributed by atoms with Crippen LogP contribution in [-0.4, -0.2) is 4.98 Å². The van der Waals surface area contributed by atoms with Crippen molar-refractivity contribution in [3.8, 4) is 10.8 Å². The summed E-state index contributed by atoms with van der Waals surface area (Å²) in [4.78, 5) is 5.39. The van der Waals surface area contributed by atoms with Gasteiger partial charge in [0.15, 0.2) is 10.8 Å². The molecule has 2 aromatic heterocycles. The molecule has 3 heteroatoms. The van der Waals surface area contributed by atoms with Gasteiger partial charge in [-0.25, -0.2) is 4.98 Å². The third-order valence-corrected chi connectivity index (χ3v) is 2.28. The lowest BCUT2D eigenvalue weighted by Crippen LogP contribution is -1.65. The lowest BCUT2D eigenvalue weighted by atomic mass is 10.5. The first kappa shape index (κ1) is 6.61. The molecule has 56 valence electrons. The van der Waals surface area contributed by atoms with E-state index in [1.165, 1.54) is 4.88 Å². The van der Waals surface area contributed by atoms with Crippen molar-refractivity contribution in [1.29, 1.82) is 0 Å². The van der Waals surface area contributed by atoms with E-state index in [1.54, 1.807) is 17.6 Å². The minimum absolute atomic E-state index is 0.850. The molecule has 0 bridgehead atoms. The van der Waals surface area contributed by atoms with Crippen molar-refractivity contribution in [2.75, 3.05) is 0 Å². The molecule has 2 aromatic rings. The molecule has 0 spiro atoms. The van der Waals surface area contributed by atoms with Crippen molar-refractivity contribution >= 4 is 11.3 Å². The standard InChI is InChI=1S/C8H7NOS/c1-6-5-9-8(11-6)7-3-2-4-10-7/h2-5H,1H3. The molecule has 11 heavy (non-hydrogen) atoms. The number of thiazole rings is 1. The SMILES string of the molecule is Cc1cnc(-c2ccco2)s1. The van der Waals surface area contributed by atoms with Gasteiger partial charge in [-0.1, -0.05) is 0 Å². The third kappa shape index (κ3) is 1.19. The number of hydrogen-bond donors (Lipinski definition) is 0. The normalized spacial score (nSPS) is 10.3. The van der Waals surface area contributed by atoms with Crippen LogP contribution < -0.4 is 0 Å². The van der Waals surface area contributed by atoms with Crippen LogP contribution in [0.15, 0.2) is 29.0 Å². The van der Waals surface area contributed by atoms with Crippen LogP contribution in [0.2, 0.25) is 0 Å². The number of rotatable bonds is 1. The van der Waals surface area contributed by atoms with Gasteiger partial charge in [0.05, 0.1) is 6.26 Å². The zero-order chi connectivity index (χ0) is 7.68. The zero-order valence-corrected chi connectivity index (χ0v) is 6.89. The Balaban J connectivity index is 2.45. The van der Waals surface area contributed by atoms with Crippen LogP contribution in [0.25, 0.3) is 10.8 Å². The number of nitrogens with zero attached hydrogens (tertiary/aromatic N) is 1. The summed E-state index contributed by atoms with van der Waals surface area (Å²) in [6, 6.07) is 3.78. The highest BCUT2D eigenvalue weighted by Gasteiger charge is 2.03. The molecule has 0 saturated carbocycles. The van der Waals surface area contributed by atoms with Crippen molar-refractivity contribution < 1.29 is 4.42 Å². The third-order valence-electron chi connectivity index (χ3n) is 1.35. The van der Waals surface area contributed by atoms with Crippen LogP contribution in [0.4, 0.5) is 0 Å². The molecular formula is C8H7NOS. The molecule has 0 atom stereocenters. The van der Waals surface area contributed by atoms with E-state index in [4.69, 9.17) is 4.42 Å². The Morgan fingerprint density at radius 2 is 2.45 bits per heavy atom. The van der Waals surface area contributed by atoms with E-state index >= 15 is 0 Å². The topological polar surface area (TPSA) is 26.0 Å². The summed E-state index contributed by atoms with van der Waals surface area (Å²) < 4.78 is 5.18. The molecule has 0 unspecified atom stereocenters. The smallest absolute Gasteiger partial charge is 0.162 e. The second-order valence-corrected chi connectivity index (χ2v) is 3.49. The fraction of sp³-hybridized carbons (Fsp3) is 0.125. The maximum atomic E-state index is 5.18. The zero-order valence-electron chi connectivity index (χ0n) is 6.07. The van der Waals surface area contributed by atoms with Gasteiger partial charge < -0.3 is 4.42 Å². The molecule has 0 aliphatic carbocycles. The molecular weight excluding hydrogens is 158 g/mol. The van der Waals surface area contributed by atoms with Crippen LogP contribution in [0.3, 0.4) is 0 Å². The van der Waals surface area contributed by atoms with E-state index in [0.717, 1.165) is 10.8 Å². The first-order chi connectivity index (χ1) is 5.36. The summed E-state index contributed by atoms with van der Waals surface area (Å²) in [5.74, 6) is 0.850. The van der Waals surface area contributed by atoms with Crippen LogP contribution in [0, 0.1) is 6.92 Å². The van der Waals surface area contributed by atoms with Gasteiger partial charge in [-0.05, 0) is 19.1 Å².